The number of anilines is 3. The zero-order valence-corrected chi connectivity index (χ0v) is 19.2. The molecule has 0 aliphatic carbocycles. The molecule has 0 saturated heterocycles. The van der Waals surface area contributed by atoms with Crippen molar-refractivity contribution in [3.8, 4) is 5.75 Å². The first kappa shape index (κ1) is 21.5. The number of fused-ring (bicyclic) bond motifs is 2. The minimum atomic E-state index is -0.00700. The lowest BCUT2D eigenvalue weighted by Crippen LogP contribution is -2.30. The molecule has 0 radical (unpaired) electrons. The van der Waals surface area contributed by atoms with E-state index in [-0.39, 0.29) is 11.8 Å². The van der Waals surface area contributed by atoms with Crippen LogP contribution in [0.5, 0.6) is 5.75 Å². The van der Waals surface area contributed by atoms with Crippen LogP contribution in [-0.4, -0.2) is 25.0 Å². The summed E-state index contributed by atoms with van der Waals surface area (Å²) in [5, 5.41) is 8.13. The number of carbonyl (C=O) groups is 2. The Morgan fingerprint density at radius 3 is 2.94 bits per heavy atom. The molecule has 0 fully saturated rings. The van der Waals surface area contributed by atoms with Crippen LogP contribution in [0.15, 0.2) is 53.9 Å². The number of ether oxygens (including phenoxy) is 1. The Morgan fingerprint density at radius 1 is 1.09 bits per heavy atom. The first-order valence-corrected chi connectivity index (χ1v) is 12.3. The third-order valence-corrected chi connectivity index (χ3v) is 7.14. The largest absolute Gasteiger partial charge is 0.494 e. The molecule has 6 nitrogen and oxygen atoms in total. The number of nitrogens with one attached hydrogen (secondary N) is 2. The number of para-hydroxylation sites is 2. The number of hydrogen-bond donors (Lipinski definition) is 2. The van der Waals surface area contributed by atoms with Crippen molar-refractivity contribution in [1.29, 1.82) is 0 Å². The van der Waals surface area contributed by atoms with Crippen molar-refractivity contribution in [2.24, 2.45) is 0 Å². The number of aryl methyl sites for hydroxylation is 1. The third kappa shape index (κ3) is 5.03. The van der Waals surface area contributed by atoms with Crippen LogP contribution >= 0.6 is 11.3 Å². The Kier molecular flexibility index (Phi) is 6.30. The van der Waals surface area contributed by atoms with Gasteiger partial charge in [-0.05, 0) is 72.2 Å². The van der Waals surface area contributed by atoms with Crippen LogP contribution in [-0.2, 0) is 29.0 Å². The summed E-state index contributed by atoms with van der Waals surface area (Å²) < 4.78 is 5.84. The average molecular weight is 462 g/mol. The highest BCUT2D eigenvalue weighted by atomic mass is 32.1. The highest BCUT2D eigenvalue weighted by Gasteiger charge is 2.20. The summed E-state index contributed by atoms with van der Waals surface area (Å²) in [5.41, 5.74) is 5.27. The Balaban J connectivity index is 1.12. The van der Waals surface area contributed by atoms with Crippen molar-refractivity contribution in [1.82, 2.24) is 0 Å². The summed E-state index contributed by atoms with van der Waals surface area (Å²) in [4.78, 5) is 27.9. The molecule has 2 N–H and O–H groups in total. The van der Waals surface area contributed by atoms with E-state index in [4.69, 9.17) is 4.74 Å². The van der Waals surface area contributed by atoms with Gasteiger partial charge in [-0.1, -0.05) is 12.1 Å². The molecule has 1 aromatic heterocycles. The maximum absolute atomic E-state index is 12.6. The van der Waals surface area contributed by atoms with Gasteiger partial charge in [-0.2, -0.15) is 0 Å². The van der Waals surface area contributed by atoms with E-state index in [1.54, 1.807) is 0 Å². The van der Waals surface area contributed by atoms with Crippen LogP contribution in [0.25, 0.3) is 0 Å². The molecule has 33 heavy (non-hydrogen) atoms. The van der Waals surface area contributed by atoms with Crippen molar-refractivity contribution >= 4 is 40.2 Å². The van der Waals surface area contributed by atoms with E-state index in [2.05, 4.69) is 33.0 Å². The second kappa shape index (κ2) is 9.67. The highest BCUT2D eigenvalue weighted by molar-refractivity contribution is 7.10. The molecule has 7 heteroatoms. The summed E-state index contributed by atoms with van der Waals surface area (Å²) in [6.45, 7) is 2.30. The van der Waals surface area contributed by atoms with Gasteiger partial charge in [0.25, 0.3) is 0 Å². The molecule has 3 aromatic rings. The average Bonchev–Trinajstić information content (AvgIpc) is 3.30. The van der Waals surface area contributed by atoms with Gasteiger partial charge in [-0.3, -0.25) is 9.59 Å². The summed E-state index contributed by atoms with van der Waals surface area (Å²) in [6, 6.07) is 15.9. The van der Waals surface area contributed by atoms with Crippen LogP contribution in [0.3, 0.4) is 0 Å². The first-order valence-electron chi connectivity index (χ1n) is 11.4. The monoisotopic (exact) mass is 461 g/mol. The Morgan fingerprint density at radius 2 is 2.00 bits per heavy atom. The first-order chi connectivity index (χ1) is 16.2. The molecule has 170 valence electrons. The third-order valence-electron chi connectivity index (χ3n) is 6.12. The Labute approximate surface area is 197 Å². The van der Waals surface area contributed by atoms with Crippen LogP contribution in [0.1, 0.15) is 35.3 Å². The minimum absolute atomic E-state index is 0.00700. The molecular weight excluding hydrogens is 434 g/mol. The number of hydrogen-bond acceptors (Lipinski definition) is 5. The van der Waals surface area contributed by atoms with E-state index in [1.165, 1.54) is 10.4 Å². The fourth-order valence-corrected chi connectivity index (χ4v) is 5.28. The summed E-state index contributed by atoms with van der Waals surface area (Å²) in [5.74, 6) is 0.821. The molecule has 2 amide bonds. The molecule has 0 spiro atoms. The lowest BCUT2D eigenvalue weighted by molar-refractivity contribution is -0.117. The molecule has 3 heterocycles. The Bertz CT molecular complexity index is 1170. The number of benzene rings is 2. The van der Waals surface area contributed by atoms with E-state index in [9.17, 15) is 9.59 Å². The molecule has 2 aromatic carbocycles. The van der Waals surface area contributed by atoms with Gasteiger partial charge in [-0.15, -0.1) is 11.3 Å². The maximum atomic E-state index is 12.6. The van der Waals surface area contributed by atoms with Crippen LogP contribution in [0.2, 0.25) is 0 Å². The number of thiophene rings is 1. The predicted molar refractivity (Wildman–Crippen MR) is 132 cm³/mol. The van der Waals surface area contributed by atoms with E-state index < -0.39 is 0 Å². The topological polar surface area (TPSA) is 70.7 Å². The lowest BCUT2D eigenvalue weighted by Gasteiger charge is -2.30. The maximum Gasteiger partial charge on any atom is 0.224 e. The molecular formula is C26H27N3O3S. The number of carbonyl (C=O) groups excluding carboxylic acids is 2. The standard InChI is InChI=1S/C26H27N3O3S/c30-25(6-3-14-32-20-8-9-21-18(16-20)7-10-26(31)27-21)28-22-4-1-2-5-23(22)29-13-11-24-19(17-29)12-15-33-24/h1-2,4-5,8-9,12,15-16H,3,6-7,10-11,13-14,17H2,(H,27,31)(H,28,30). The van der Waals surface area contributed by atoms with Gasteiger partial charge in [-0.25, -0.2) is 0 Å². The molecule has 0 unspecified atom stereocenters. The van der Waals surface area contributed by atoms with Crippen LogP contribution in [0, 0.1) is 0 Å². The second-order valence-electron chi connectivity index (χ2n) is 8.43. The van der Waals surface area contributed by atoms with Crippen molar-refractivity contribution in [3.63, 3.8) is 0 Å². The SMILES string of the molecule is O=C1CCc2cc(OCCCC(=O)Nc3ccccc3N3CCc4sccc4C3)ccc2N1. The smallest absolute Gasteiger partial charge is 0.224 e. The fourth-order valence-electron chi connectivity index (χ4n) is 4.39. The number of nitrogens with zero attached hydrogens (tertiary/aromatic N) is 1. The lowest BCUT2D eigenvalue weighted by atomic mass is 10.0. The van der Waals surface area contributed by atoms with E-state index in [0.717, 1.165) is 54.3 Å². The van der Waals surface area contributed by atoms with E-state index >= 15 is 0 Å². The second-order valence-corrected chi connectivity index (χ2v) is 9.43. The van der Waals surface area contributed by atoms with Crippen LogP contribution < -0.4 is 20.3 Å². The molecule has 2 aliphatic heterocycles. The highest BCUT2D eigenvalue weighted by Crippen LogP contribution is 2.32. The van der Waals surface area contributed by atoms with Crippen molar-refractivity contribution in [2.45, 2.75) is 38.6 Å². The quantitative estimate of drug-likeness (QED) is 0.486. The molecule has 0 bridgehead atoms. The van der Waals surface area contributed by atoms with Crippen molar-refractivity contribution < 1.29 is 14.3 Å². The van der Waals surface area contributed by atoms with Gasteiger partial charge in [0, 0.05) is 36.5 Å². The summed E-state index contributed by atoms with van der Waals surface area (Å²) >= 11 is 1.83. The van der Waals surface area contributed by atoms with Gasteiger partial charge in [0.2, 0.25) is 11.8 Å². The fraction of sp³-hybridized carbons (Fsp3) is 0.308. The molecule has 5 rings (SSSR count). The Hall–Kier alpha value is -3.32. The molecule has 0 saturated carbocycles. The van der Waals surface area contributed by atoms with E-state index in [0.29, 0.717) is 25.9 Å². The van der Waals surface area contributed by atoms with E-state index in [1.807, 2.05) is 47.7 Å². The van der Waals surface area contributed by atoms with Gasteiger partial charge >= 0.3 is 0 Å². The molecule has 0 atom stereocenters. The minimum Gasteiger partial charge on any atom is -0.494 e. The number of amides is 2. The number of rotatable bonds is 7. The van der Waals surface area contributed by atoms with Gasteiger partial charge in [0.15, 0.2) is 0 Å². The predicted octanol–water partition coefficient (Wildman–Crippen LogP) is 4.99. The van der Waals surface area contributed by atoms with Crippen molar-refractivity contribution in [3.05, 3.63) is 69.9 Å². The zero-order chi connectivity index (χ0) is 22.6. The van der Waals surface area contributed by atoms with Gasteiger partial charge in [0.05, 0.1) is 18.0 Å². The summed E-state index contributed by atoms with van der Waals surface area (Å²) in [6.07, 6.45) is 3.30. The van der Waals surface area contributed by atoms with Crippen molar-refractivity contribution in [2.75, 3.05) is 28.7 Å². The van der Waals surface area contributed by atoms with Gasteiger partial charge < -0.3 is 20.3 Å². The van der Waals surface area contributed by atoms with Gasteiger partial charge in [0.1, 0.15) is 5.75 Å². The summed E-state index contributed by atoms with van der Waals surface area (Å²) in [7, 11) is 0. The normalized spacial score (nSPS) is 14.8. The molecule has 2 aliphatic rings. The van der Waals surface area contributed by atoms with Crippen LogP contribution in [0.4, 0.5) is 17.1 Å². The zero-order valence-electron chi connectivity index (χ0n) is 18.4.